The predicted molar refractivity (Wildman–Crippen MR) is 73.9 cm³/mol. The minimum atomic E-state index is -4.38. The fourth-order valence-electron chi connectivity index (χ4n) is 2.14. The molecule has 22 heavy (non-hydrogen) atoms. The number of hydrogen-bond donors (Lipinski definition) is 2. The van der Waals surface area contributed by atoms with Gasteiger partial charge in [-0.2, -0.15) is 13.2 Å². The number of aromatic nitrogens is 4. The highest BCUT2D eigenvalue weighted by Crippen LogP contribution is 2.30. The number of anilines is 2. The van der Waals surface area contributed by atoms with E-state index in [1.54, 1.807) is 12.3 Å². The average molecular weight is 308 g/mol. The molecular weight excluding hydrogens is 297 g/mol. The molecule has 0 aliphatic heterocycles. The monoisotopic (exact) mass is 308 g/mol. The van der Waals surface area contributed by atoms with Crippen molar-refractivity contribution in [3.8, 4) is 0 Å². The van der Waals surface area contributed by atoms with Gasteiger partial charge in [-0.3, -0.25) is 4.40 Å². The van der Waals surface area contributed by atoms with Crippen LogP contribution in [0.3, 0.4) is 0 Å². The van der Waals surface area contributed by atoms with Gasteiger partial charge in [-0.25, -0.2) is 4.98 Å². The highest BCUT2D eigenvalue weighted by molar-refractivity contribution is 5.61. The lowest BCUT2D eigenvalue weighted by Gasteiger charge is -2.09. The first-order valence-electron chi connectivity index (χ1n) is 6.26. The third kappa shape index (κ3) is 2.52. The van der Waals surface area contributed by atoms with Gasteiger partial charge >= 0.3 is 6.18 Å². The molecule has 0 amide bonds. The van der Waals surface area contributed by atoms with Gasteiger partial charge < -0.3 is 11.5 Å². The van der Waals surface area contributed by atoms with Gasteiger partial charge in [-0.05, 0) is 11.6 Å². The fraction of sp³-hybridized carbons (Fsp3) is 0.154. The van der Waals surface area contributed by atoms with Gasteiger partial charge in [0.05, 0.1) is 11.3 Å². The molecule has 3 rings (SSSR count). The summed E-state index contributed by atoms with van der Waals surface area (Å²) in [7, 11) is 0. The molecule has 0 aliphatic carbocycles. The maximum absolute atomic E-state index is 12.7. The van der Waals surface area contributed by atoms with Crippen LogP contribution in [-0.4, -0.2) is 19.6 Å². The predicted octanol–water partition coefficient (Wildman–Crippen LogP) is 1.90. The van der Waals surface area contributed by atoms with E-state index in [0.717, 1.165) is 12.1 Å². The molecule has 2 heterocycles. The lowest BCUT2D eigenvalue weighted by Crippen LogP contribution is -2.07. The summed E-state index contributed by atoms with van der Waals surface area (Å²) in [4.78, 5) is 4.12. The number of rotatable bonds is 2. The van der Waals surface area contributed by atoms with E-state index in [1.807, 2.05) is 0 Å². The summed E-state index contributed by atoms with van der Waals surface area (Å²) < 4.78 is 39.6. The third-order valence-electron chi connectivity index (χ3n) is 3.13. The second-order valence-electron chi connectivity index (χ2n) is 4.74. The first-order valence-corrected chi connectivity index (χ1v) is 6.26. The average Bonchev–Trinajstić information content (AvgIpc) is 2.80. The van der Waals surface area contributed by atoms with Gasteiger partial charge in [-0.1, -0.05) is 18.2 Å². The Morgan fingerprint density at radius 1 is 1.14 bits per heavy atom. The molecule has 1 aromatic carbocycles. The van der Waals surface area contributed by atoms with Crippen molar-refractivity contribution in [3.63, 3.8) is 0 Å². The SMILES string of the molecule is Nc1nc(Cc2cccc(C(F)(F)F)c2)cn2c(N)nnc12. The molecule has 0 spiro atoms. The maximum Gasteiger partial charge on any atom is 0.416 e. The Labute approximate surface area is 122 Å². The zero-order valence-electron chi connectivity index (χ0n) is 11.2. The number of nitrogens with zero attached hydrogens (tertiary/aromatic N) is 4. The molecule has 0 atom stereocenters. The van der Waals surface area contributed by atoms with Crippen LogP contribution in [0.2, 0.25) is 0 Å². The minimum Gasteiger partial charge on any atom is -0.381 e. The molecule has 114 valence electrons. The summed E-state index contributed by atoms with van der Waals surface area (Å²) in [5, 5.41) is 7.44. The first kappa shape index (κ1) is 14.1. The van der Waals surface area contributed by atoms with Crippen LogP contribution in [0, 0.1) is 0 Å². The number of hydrogen-bond acceptors (Lipinski definition) is 5. The van der Waals surface area contributed by atoms with Crippen molar-refractivity contribution >= 4 is 17.4 Å². The van der Waals surface area contributed by atoms with Gasteiger partial charge in [0.25, 0.3) is 0 Å². The van der Waals surface area contributed by atoms with E-state index < -0.39 is 11.7 Å². The fourth-order valence-corrected chi connectivity index (χ4v) is 2.14. The van der Waals surface area contributed by atoms with Crippen molar-refractivity contribution < 1.29 is 13.2 Å². The largest absolute Gasteiger partial charge is 0.416 e. The Bertz CT molecular complexity index is 839. The molecule has 0 fully saturated rings. The lowest BCUT2D eigenvalue weighted by atomic mass is 10.1. The summed E-state index contributed by atoms with van der Waals surface area (Å²) in [6.07, 6.45) is -2.64. The molecule has 0 unspecified atom stereocenters. The topological polar surface area (TPSA) is 95.1 Å². The van der Waals surface area contributed by atoms with Crippen LogP contribution in [0.5, 0.6) is 0 Å². The van der Waals surface area contributed by atoms with Crippen molar-refractivity contribution in [2.45, 2.75) is 12.6 Å². The Morgan fingerprint density at radius 2 is 1.91 bits per heavy atom. The number of benzene rings is 1. The van der Waals surface area contributed by atoms with E-state index in [9.17, 15) is 13.2 Å². The quantitative estimate of drug-likeness (QED) is 0.754. The van der Waals surface area contributed by atoms with Crippen molar-refractivity contribution in [1.82, 2.24) is 19.6 Å². The van der Waals surface area contributed by atoms with Crippen LogP contribution in [0.4, 0.5) is 24.9 Å². The summed E-state index contributed by atoms with van der Waals surface area (Å²) in [6.45, 7) is 0. The molecule has 4 N–H and O–H groups in total. The normalized spacial score (nSPS) is 12.0. The standard InChI is InChI=1S/C13H11F3N6/c14-13(15,16)8-3-1-2-7(4-8)5-9-6-22-11(10(17)19-9)20-21-12(22)18/h1-4,6H,5H2,(H2,17,19)(H2,18,21). The van der Waals surface area contributed by atoms with Gasteiger partial charge in [0.1, 0.15) is 0 Å². The van der Waals surface area contributed by atoms with Gasteiger partial charge in [-0.15, -0.1) is 10.2 Å². The molecule has 0 bridgehead atoms. The van der Waals surface area contributed by atoms with E-state index in [0.29, 0.717) is 16.9 Å². The molecule has 9 heteroatoms. The first-order chi connectivity index (χ1) is 10.3. The maximum atomic E-state index is 12.7. The number of fused-ring (bicyclic) bond motifs is 1. The van der Waals surface area contributed by atoms with Crippen molar-refractivity contribution in [2.75, 3.05) is 11.5 Å². The second-order valence-corrected chi connectivity index (χ2v) is 4.74. The molecule has 0 aliphatic rings. The van der Waals surface area contributed by atoms with E-state index >= 15 is 0 Å². The molecule has 2 aromatic heterocycles. The van der Waals surface area contributed by atoms with Gasteiger partial charge in [0.15, 0.2) is 5.82 Å². The van der Waals surface area contributed by atoms with Crippen LogP contribution >= 0.6 is 0 Å². The van der Waals surface area contributed by atoms with Crippen LogP contribution in [0.25, 0.3) is 5.65 Å². The Balaban J connectivity index is 1.98. The molecule has 6 nitrogen and oxygen atoms in total. The number of alkyl halides is 3. The Hall–Kier alpha value is -2.84. The van der Waals surface area contributed by atoms with Crippen molar-refractivity contribution in [3.05, 3.63) is 47.3 Å². The molecule has 0 saturated carbocycles. The van der Waals surface area contributed by atoms with Crippen LogP contribution in [0.15, 0.2) is 30.5 Å². The Morgan fingerprint density at radius 3 is 2.64 bits per heavy atom. The highest BCUT2D eigenvalue weighted by atomic mass is 19.4. The van der Waals surface area contributed by atoms with Crippen LogP contribution < -0.4 is 11.5 Å². The zero-order chi connectivity index (χ0) is 15.9. The Kier molecular flexibility index (Phi) is 3.12. The third-order valence-corrected chi connectivity index (χ3v) is 3.13. The van der Waals surface area contributed by atoms with E-state index in [2.05, 4.69) is 15.2 Å². The molecule has 0 saturated heterocycles. The van der Waals surface area contributed by atoms with Crippen LogP contribution in [0.1, 0.15) is 16.8 Å². The van der Waals surface area contributed by atoms with E-state index in [4.69, 9.17) is 11.5 Å². The van der Waals surface area contributed by atoms with Gasteiger partial charge in [0, 0.05) is 12.6 Å². The number of nitrogen functional groups attached to an aromatic ring is 2. The lowest BCUT2D eigenvalue weighted by molar-refractivity contribution is -0.137. The molecular formula is C13H11F3N6. The zero-order valence-corrected chi connectivity index (χ0v) is 11.2. The summed E-state index contributed by atoms with van der Waals surface area (Å²) in [5.74, 6) is 0.253. The number of nitrogens with two attached hydrogens (primary N) is 2. The molecule has 3 aromatic rings. The highest BCUT2D eigenvalue weighted by Gasteiger charge is 2.30. The minimum absolute atomic E-state index is 0.119. The van der Waals surface area contributed by atoms with Crippen LogP contribution in [-0.2, 0) is 12.6 Å². The van der Waals surface area contributed by atoms with Crippen molar-refractivity contribution in [1.29, 1.82) is 0 Å². The van der Waals surface area contributed by atoms with E-state index in [1.165, 1.54) is 10.5 Å². The summed E-state index contributed by atoms with van der Waals surface area (Å²) in [6, 6.07) is 5.05. The van der Waals surface area contributed by atoms with Crippen molar-refractivity contribution in [2.24, 2.45) is 0 Å². The van der Waals surface area contributed by atoms with E-state index in [-0.39, 0.29) is 18.2 Å². The number of halogens is 3. The smallest absolute Gasteiger partial charge is 0.381 e. The molecule has 0 radical (unpaired) electrons. The second kappa shape index (κ2) is 4.86. The summed E-state index contributed by atoms with van der Waals surface area (Å²) >= 11 is 0. The van der Waals surface area contributed by atoms with Gasteiger partial charge in [0.2, 0.25) is 11.6 Å². The summed E-state index contributed by atoms with van der Waals surface area (Å²) in [5.41, 5.74) is 11.9.